The van der Waals surface area contributed by atoms with Crippen LogP contribution in [0.5, 0.6) is 5.75 Å². The summed E-state index contributed by atoms with van der Waals surface area (Å²) in [5, 5.41) is 3.08. The first kappa shape index (κ1) is 20.9. The molecule has 31 heavy (non-hydrogen) atoms. The summed E-state index contributed by atoms with van der Waals surface area (Å²) in [5.74, 6) is 0.826. The van der Waals surface area contributed by atoms with E-state index in [-0.39, 0.29) is 5.75 Å². The third-order valence-electron chi connectivity index (χ3n) is 4.67. The second-order valence-electron chi connectivity index (χ2n) is 6.95. The van der Waals surface area contributed by atoms with E-state index in [2.05, 4.69) is 24.9 Å². The van der Waals surface area contributed by atoms with Crippen molar-refractivity contribution in [2.24, 2.45) is 0 Å². The molecule has 1 aliphatic rings. The molecule has 9 heteroatoms. The van der Waals surface area contributed by atoms with E-state index in [0.29, 0.717) is 31.4 Å². The standard InChI is InChI=1S/C22H21F3N4O2/c23-22(24,25)31-18-9-7-17(8-10-18)26-21-27-19(16-5-2-1-3-6-16)15-20(28-21)29-11-4-13-30-14-12-29/h1-3,5-10,15H,4,11-14H2,(H,26,27,28). The van der Waals surface area contributed by atoms with Crippen LogP contribution >= 0.6 is 0 Å². The number of benzene rings is 2. The molecule has 1 aliphatic heterocycles. The lowest BCUT2D eigenvalue weighted by atomic mass is 10.1. The number of nitrogens with zero attached hydrogens (tertiary/aromatic N) is 3. The van der Waals surface area contributed by atoms with Gasteiger partial charge in [0.2, 0.25) is 5.95 Å². The summed E-state index contributed by atoms with van der Waals surface area (Å²) in [6, 6.07) is 17.1. The summed E-state index contributed by atoms with van der Waals surface area (Å²) in [6.45, 7) is 2.86. The van der Waals surface area contributed by atoms with Crippen molar-refractivity contribution in [3.63, 3.8) is 0 Å². The second kappa shape index (κ2) is 9.22. The molecule has 2 heterocycles. The lowest BCUT2D eigenvalue weighted by molar-refractivity contribution is -0.274. The first-order valence-electron chi connectivity index (χ1n) is 9.86. The van der Waals surface area contributed by atoms with Crippen LogP contribution in [0.1, 0.15) is 6.42 Å². The van der Waals surface area contributed by atoms with Crippen LogP contribution in [0.25, 0.3) is 11.3 Å². The number of alkyl halides is 3. The van der Waals surface area contributed by atoms with Crippen LogP contribution in [-0.4, -0.2) is 42.6 Å². The van der Waals surface area contributed by atoms with Crippen molar-refractivity contribution in [1.82, 2.24) is 9.97 Å². The van der Waals surface area contributed by atoms with Gasteiger partial charge < -0.3 is 19.7 Å². The summed E-state index contributed by atoms with van der Waals surface area (Å²) in [7, 11) is 0. The van der Waals surface area contributed by atoms with Gasteiger partial charge in [0.1, 0.15) is 11.6 Å². The summed E-state index contributed by atoms with van der Waals surface area (Å²) in [5.41, 5.74) is 2.23. The monoisotopic (exact) mass is 430 g/mol. The summed E-state index contributed by atoms with van der Waals surface area (Å²) < 4.78 is 46.6. The number of anilines is 3. The van der Waals surface area contributed by atoms with Gasteiger partial charge in [0, 0.05) is 37.0 Å². The number of ether oxygens (including phenoxy) is 2. The summed E-state index contributed by atoms with van der Waals surface area (Å²) >= 11 is 0. The SMILES string of the molecule is FC(F)(F)Oc1ccc(Nc2nc(-c3ccccc3)cc(N3CCCOCC3)n2)cc1. The van der Waals surface area contributed by atoms with E-state index in [9.17, 15) is 13.2 Å². The summed E-state index contributed by atoms with van der Waals surface area (Å²) in [4.78, 5) is 11.4. The number of hydrogen-bond acceptors (Lipinski definition) is 6. The highest BCUT2D eigenvalue weighted by molar-refractivity contribution is 5.66. The zero-order valence-corrected chi connectivity index (χ0v) is 16.6. The average molecular weight is 430 g/mol. The highest BCUT2D eigenvalue weighted by Crippen LogP contribution is 2.27. The topological polar surface area (TPSA) is 59.5 Å². The molecule has 0 amide bonds. The van der Waals surface area contributed by atoms with Crippen molar-refractivity contribution < 1.29 is 22.6 Å². The van der Waals surface area contributed by atoms with Gasteiger partial charge in [-0.25, -0.2) is 4.98 Å². The van der Waals surface area contributed by atoms with Crippen LogP contribution < -0.4 is 15.0 Å². The predicted molar refractivity (Wildman–Crippen MR) is 112 cm³/mol. The lowest BCUT2D eigenvalue weighted by Gasteiger charge is -2.22. The Morgan fingerprint density at radius 2 is 1.71 bits per heavy atom. The minimum Gasteiger partial charge on any atom is -0.406 e. The third kappa shape index (κ3) is 5.85. The second-order valence-corrected chi connectivity index (χ2v) is 6.95. The molecule has 1 N–H and O–H groups in total. The Morgan fingerprint density at radius 1 is 0.935 bits per heavy atom. The van der Waals surface area contributed by atoms with E-state index in [0.717, 1.165) is 30.0 Å². The molecular formula is C22H21F3N4O2. The normalized spacial score (nSPS) is 14.7. The van der Waals surface area contributed by atoms with Gasteiger partial charge in [0.25, 0.3) is 0 Å². The van der Waals surface area contributed by atoms with Crippen LogP contribution in [0, 0.1) is 0 Å². The summed E-state index contributed by atoms with van der Waals surface area (Å²) in [6.07, 6.45) is -3.83. The maximum Gasteiger partial charge on any atom is 0.573 e. The van der Waals surface area contributed by atoms with Gasteiger partial charge in [-0.1, -0.05) is 30.3 Å². The molecule has 1 aromatic heterocycles. The zero-order valence-electron chi connectivity index (χ0n) is 16.6. The van der Waals surface area contributed by atoms with Crippen LogP contribution in [-0.2, 0) is 4.74 Å². The molecule has 4 rings (SSSR count). The Balaban J connectivity index is 1.62. The molecule has 0 bridgehead atoms. The van der Waals surface area contributed by atoms with Gasteiger partial charge in [-0.3, -0.25) is 0 Å². The van der Waals surface area contributed by atoms with E-state index in [1.54, 1.807) is 0 Å². The van der Waals surface area contributed by atoms with Crippen LogP contribution in [0.2, 0.25) is 0 Å². The Hall–Kier alpha value is -3.33. The smallest absolute Gasteiger partial charge is 0.406 e. The fourth-order valence-corrected chi connectivity index (χ4v) is 3.25. The highest BCUT2D eigenvalue weighted by Gasteiger charge is 2.31. The highest BCUT2D eigenvalue weighted by atomic mass is 19.4. The minimum atomic E-state index is -4.73. The van der Waals surface area contributed by atoms with E-state index >= 15 is 0 Å². The molecule has 162 valence electrons. The molecule has 6 nitrogen and oxygen atoms in total. The van der Waals surface area contributed by atoms with Crippen molar-refractivity contribution in [1.29, 1.82) is 0 Å². The number of hydrogen-bond donors (Lipinski definition) is 1. The molecular weight excluding hydrogens is 409 g/mol. The minimum absolute atomic E-state index is 0.290. The fourth-order valence-electron chi connectivity index (χ4n) is 3.25. The third-order valence-corrected chi connectivity index (χ3v) is 4.67. The maximum absolute atomic E-state index is 12.4. The van der Waals surface area contributed by atoms with Crippen molar-refractivity contribution in [2.75, 3.05) is 36.5 Å². The molecule has 0 radical (unpaired) electrons. The molecule has 1 fully saturated rings. The fraction of sp³-hybridized carbons (Fsp3) is 0.273. The first-order valence-corrected chi connectivity index (χ1v) is 9.86. The van der Waals surface area contributed by atoms with Crippen molar-refractivity contribution in [2.45, 2.75) is 12.8 Å². The van der Waals surface area contributed by atoms with E-state index in [1.807, 2.05) is 36.4 Å². The number of rotatable bonds is 5. The quantitative estimate of drug-likeness (QED) is 0.614. The van der Waals surface area contributed by atoms with Gasteiger partial charge in [-0.15, -0.1) is 13.2 Å². The van der Waals surface area contributed by atoms with Gasteiger partial charge in [-0.05, 0) is 30.7 Å². The van der Waals surface area contributed by atoms with Crippen LogP contribution in [0.15, 0.2) is 60.7 Å². The Kier molecular flexibility index (Phi) is 6.22. The average Bonchev–Trinajstić information content (AvgIpc) is 3.04. The van der Waals surface area contributed by atoms with E-state index in [1.165, 1.54) is 24.3 Å². The van der Waals surface area contributed by atoms with Crippen LogP contribution in [0.4, 0.5) is 30.6 Å². The van der Waals surface area contributed by atoms with Gasteiger partial charge in [0.05, 0.1) is 12.3 Å². The van der Waals surface area contributed by atoms with E-state index in [4.69, 9.17) is 4.74 Å². The van der Waals surface area contributed by atoms with Gasteiger partial charge >= 0.3 is 6.36 Å². The number of nitrogens with one attached hydrogen (secondary N) is 1. The first-order chi connectivity index (χ1) is 15.0. The molecule has 0 saturated carbocycles. The number of halogens is 3. The maximum atomic E-state index is 12.4. The van der Waals surface area contributed by atoms with Crippen molar-refractivity contribution in [3.05, 3.63) is 60.7 Å². The van der Waals surface area contributed by atoms with Gasteiger partial charge in [0.15, 0.2) is 0 Å². The lowest BCUT2D eigenvalue weighted by Crippen LogP contribution is -2.27. The Labute approximate surface area is 177 Å². The molecule has 0 atom stereocenters. The molecule has 0 spiro atoms. The molecule has 0 unspecified atom stereocenters. The molecule has 2 aromatic carbocycles. The molecule has 1 saturated heterocycles. The zero-order chi connectivity index (χ0) is 21.7. The predicted octanol–water partition coefficient (Wildman–Crippen LogP) is 5.01. The van der Waals surface area contributed by atoms with E-state index < -0.39 is 6.36 Å². The van der Waals surface area contributed by atoms with Crippen molar-refractivity contribution >= 4 is 17.5 Å². The Morgan fingerprint density at radius 3 is 2.45 bits per heavy atom. The molecule has 0 aliphatic carbocycles. The largest absolute Gasteiger partial charge is 0.573 e. The Bertz CT molecular complexity index is 990. The number of aromatic nitrogens is 2. The van der Waals surface area contributed by atoms with Crippen molar-refractivity contribution in [3.8, 4) is 17.0 Å². The van der Waals surface area contributed by atoms with Crippen LogP contribution in [0.3, 0.4) is 0 Å². The van der Waals surface area contributed by atoms with Gasteiger partial charge in [-0.2, -0.15) is 4.98 Å². The molecule has 3 aromatic rings.